The summed E-state index contributed by atoms with van der Waals surface area (Å²) in [6.45, 7) is 12.4. The van der Waals surface area contributed by atoms with Gasteiger partial charge in [-0.2, -0.15) is 0 Å². The highest BCUT2D eigenvalue weighted by Crippen LogP contribution is 2.52. The van der Waals surface area contributed by atoms with Crippen LogP contribution in [0.2, 0.25) is 0 Å². The van der Waals surface area contributed by atoms with E-state index in [0.29, 0.717) is 25.9 Å². The highest BCUT2D eigenvalue weighted by molar-refractivity contribution is 5.84. The van der Waals surface area contributed by atoms with Crippen LogP contribution >= 0.6 is 0 Å². The van der Waals surface area contributed by atoms with Crippen molar-refractivity contribution in [3.05, 3.63) is 0 Å². The van der Waals surface area contributed by atoms with E-state index in [1.54, 1.807) is 25.7 Å². The first-order valence-electron chi connectivity index (χ1n) is 7.73. The summed E-state index contributed by atoms with van der Waals surface area (Å²) in [5.74, 6) is -0.0160. The molecule has 1 fully saturated rings. The number of rotatable bonds is 5. The molecule has 118 valence electrons. The molecule has 1 saturated carbocycles. The van der Waals surface area contributed by atoms with Gasteiger partial charge in [0.15, 0.2) is 0 Å². The van der Waals surface area contributed by atoms with Crippen molar-refractivity contribution in [1.82, 2.24) is 4.90 Å². The lowest BCUT2D eigenvalue weighted by Crippen LogP contribution is -2.54. The zero-order valence-corrected chi connectivity index (χ0v) is 13.9. The molecule has 0 saturated heterocycles. The maximum absolute atomic E-state index is 12.8. The lowest BCUT2D eigenvalue weighted by molar-refractivity contribution is -0.158. The van der Waals surface area contributed by atoms with E-state index >= 15 is 0 Å². The average molecular weight is 285 g/mol. The van der Waals surface area contributed by atoms with Gasteiger partial charge < -0.3 is 15.1 Å². The van der Waals surface area contributed by atoms with Gasteiger partial charge in [-0.05, 0) is 66.7 Å². The first kappa shape index (κ1) is 17.4. The van der Waals surface area contributed by atoms with E-state index in [2.05, 4.69) is 0 Å². The summed E-state index contributed by atoms with van der Waals surface area (Å²) in [5, 5.41) is 21.0. The van der Waals surface area contributed by atoms with E-state index in [9.17, 15) is 15.0 Å². The number of carbonyl (C=O) groups is 1. The Kier molecular flexibility index (Phi) is 4.92. The molecule has 4 heteroatoms. The molecule has 0 heterocycles. The van der Waals surface area contributed by atoms with E-state index in [0.717, 1.165) is 6.42 Å². The minimum Gasteiger partial charge on any atom is -0.390 e. The lowest BCUT2D eigenvalue weighted by atomic mass is 9.71. The Morgan fingerprint density at radius 3 is 2.20 bits per heavy atom. The maximum atomic E-state index is 12.8. The van der Waals surface area contributed by atoms with Gasteiger partial charge in [-0.3, -0.25) is 4.79 Å². The van der Waals surface area contributed by atoms with Crippen LogP contribution in [0, 0.1) is 11.3 Å². The summed E-state index contributed by atoms with van der Waals surface area (Å²) in [6, 6.07) is 0. The predicted octanol–water partition coefficient (Wildman–Crippen LogP) is 2.18. The topological polar surface area (TPSA) is 60.8 Å². The summed E-state index contributed by atoms with van der Waals surface area (Å²) in [4.78, 5) is 14.6. The van der Waals surface area contributed by atoms with Crippen molar-refractivity contribution in [3.63, 3.8) is 0 Å². The minimum absolute atomic E-state index is 0.0331. The third-order valence-corrected chi connectivity index (χ3v) is 5.17. The number of hydrogen-bond acceptors (Lipinski definition) is 3. The largest absolute Gasteiger partial charge is 0.390 e. The molecule has 1 amide bonds. The highest BCUT2D eigenvalue weighted by atomic mass is 16.3. The van der Waals surface area contributed by atoms with Gasteiger partial charge in [-0.15, -0.1) is 0 Å². The Labute approximate surface area is 123 Å². The van der Waals surface area contributed by atoms with Crippen molar-refractivity contribution < 1.29 is 15.0 Å². The van der Waals surface area contributed by atoms with Gasteiger partial charge in [0.25, 0.3) is 0 Å². The third-order valence-electron chi connectivity index (χ3n) is 5.17. The van der Waals surface area contributed by atoms with Crippen molar-refractivity contribution in [2.24, 2.45) is 11.3 Å². The first-order chi connectivity index (χ1) is 8.99. The first-order valence-corrected chi connectivity index (χ1v) is 7.73. The summed E-state index contributed by atoms with van der Waals surface area (Å²) < 4.78 is 0. The molecule has 0 aromatic heterocycles. The molecule has 0 aromatic rings. The van der Waals surface area contributed by atoms with Crippen LogP contribution in [0.25, 0.3) is 0 Å². The van der Waals surface area contributed by atoms with E-state index < -0.39 is 16.6 Å². The van der Waals surface area contributed by atoms with Gasteiger partial charge in [-0.1, -0.05) is 0 Å². The second-order valence-electron chi connectivity index (χ2n) is 7.21. The highest BCUT2D eigenvalue weighted by Gasteiger charge is 2.59. The average Bonchev–Trinajstić information content (AvgIpc) is 2.53. The molecule has 1 aliphatic carbocycles. The molecular formula is C16H31NO3. The van der Waals surface area contributed by atoms with Crippen LogP contribution in [0.1, 0.15) is 60.8 Å². The Morgan fingerprint density at radius 1 is 1.30 bits per heavy atom. The van der Waals surface area contributed by atoms with Gasteiger partial charge in [0.1, 0.15) is 0 Å². The normalized spacial score (nSPS) is 34.3. The molecule has 4 nitrogen and oxygen atoms in total. The van der Waals surface area contributed by atoms with Crippen LogP contribution in [-0.4, -0.2) is 45.3 Å². The van der Waals surface area contributed by atoms with Crippen LogP contribution < -0.4 is 0 Å². The van der Waals surface area contributed by atoms with Crippen LogP contribution in [0.5, 0.6) is 0 Å². The smallest absolute Gasteiger partial charge is 0.231 e. The molecule has 3 atom stereocenters. The number of hydrogen-bond donors (Lipinski definition) is 2. The van der Waals surface area contributed by atoms with Crippen molar-refractivity contribution in [2.75, 3.05) is 13.1 Å². The van der Waals surface area contributed by atoms with Gasteiger partial charge in [-0.25, -0.2) is 0 Å². The van der Waals surface area contributed by atoms with Gasteiger partial charge in [0.05, 0.1) is 16.6 Å². The van der Waals surface area contributed by atoms with E-state index in [1.165, 1.54) is 0 Å². The van der Waals surface area contributed by atoms with Crippen LogP contribution in [-0.2, 0) is 4.79 Å². The molecular weight excluding hydrogens is 254 g/mol. The lowest BCUT2D eigenvalue weighted by Gasteiger charge is -2.42. The summed E-state index contributed by atoms with van der Waals surface area (Å²) in [7, 11) is 0. The van der Waals surface area contributed by atoms with Gasteiger partial charge >= 0.3 is 0 Å². The Bertz CT molecular complexity index is 355. The van der Waals surface area contributed by atoms with E-state index in [4.69, 9.17) is 0 Å². The second kappa shape index (κ2) is 5.64. The van der Waals surface area contributed by atoms with Gasteiger partial charge in [0, 0.05) is 13.1 Å². The Balaban J connectivity index is 3.00. The minimum atomic E-state index is -1.08. The predicted molar refractivity (Wildman–Crippen MR) is 80.3 cm³/mol. The second-order valence-corrected chi connectivity index (χ2v) is 7.21. The fourth-order valence-corrected chi connectivity index (χ4v) is 3.53. The summed E-state index contributed by atoms with van der Waals surface area (Å²) >= 11 is 0. The summed E-state index contributed by atoms with van der Waals surface area (Å²) in [6.07, 6.45) is 1.97. The maximum Gasteiger partial charge on any atom is 0.231 e. The van der Waals surface area contributed by atoms with Crippen LogP contribution in [0.4, 0.5) is 0 Å². The molecule has 1 aliphatic rings. The molecule has 20 heavy (non-hydrogen) atoms. The quantitative estimate of drug-likeness (QED) is 0.814. The zero-order chi connectivity index (χ0) is 15.8. The molecule has 1 rings (SSSR count). The summed E-state index contributed by atoms with van der Waals surface area (Å²) in [5.41, 5.74) is -2.65. The van der Waals surface area contributed by atoms with Crippen LogP contribution in [0.3, 0.4) is 0 Å². The number of nitrogens with zero attached hydrogens (tertiary/aromatic N) is 1. The molecule has 0 aromatic carbocycles. The Morgan fingerprint density at radius 2 is 1.80 bits per heavy atom. The SMILES string of the molecule is CCN(CC)C(=O)[C@@]1(C)CC[C@H](CC(C)(C)O)[C@@]1(C)O. The molecule has 0 spiro atoms. The van der Waals surface area contributed by atoms with Crippen molar-refractivity contribution in [2.45, 2.75) is 72.0 Å². The molecule has 0 unspecified atom stereocenters. The monoisotopic (exact) mass is 285 g/mol. The number of carbonyl (C=O) groups excluding carboxylic acids is 1. The zero-order valence-electron chi connectivity index (χ0n) is 13.9. The van der Waals surface area contributed by atoms with Crippen molar-refractivity contribution >= 4 is 5.91 Å². The standard InChI is InChI=1S/C16H31NO3/c1-7-17(8-2)13(18)15(5)10-9-12(16(15,6)20)11-14(3,4)19/h12,19-20H,7-11H2,1-6H3/t12-,15-,16-/m1/s1. The fourth-order valence-electron chi connectivity index (χ4n) is 3.53. The van der Waals surface area contributed by atoms with E-state index in [-0.39, 0.29) is 11.8 Å². The third kappa shape index (κ3) is 3.01. The van der Waals surface area contributed by atoms with Gasteiger partial charge in [0.2, 0.25) is 5.91 Å². The van der Waals surface area contributed by atoms with Crippen molar-refractivity contribution in [1.29, 1.82) is 0 Å². The fraction of sp³-hybridized carbons (Fsp3) is 0.938. The molecule has 0 aliphatic heterocycles. The Hall–Kier alpha value is -0.610. The molecule has 2 N–H and O–H groups in total. The van der Waals surface area contributed by atoms with Crippen molar-refractivity contribution in [3.8, 4) is 0 Å². The number of aliphatic hydroxyl groups is 2. The van der Waals surface area contributed by atoms with E-state index in [1.807, 2.05) is 20.8 Å². The number of amides is 1. The van der Waals surface area contributed by atoms with Crippen LogP contribution in [0.15, 0.2) is 0 Å². The molecule has 0 radical (unpaired) electrons. The molecule has 0 bridgehead atoms.